The maximum atomic E-state index is 11.9. The Labute approximate surface area is 169 Å². The van der Waals surface area contributed by atoms with Crippen molar-refractivity contribution in [1.29, 1.82) is 0 Å². The minimum absolute atomic E-state index is 0.226. The molecule has 2 aromatic carbocycles. The van der Waals surface area contributed by atoms with Gasteiger partial charge in [0.25, 0.3) is 0 Å². The second kappa shape index (κ2) is 7.20. The van der Waals surface area contributed by atoms with Gasteiger partial charge in [0.15, 0.2) is 5.82 Å². The number of hydrogen-bond donors (Lipinski definition) is 0. The van der Waals surface area contributed by atoms with Crippen LogP contribution in [0.2, 0.25) is 0 Å². The van der Waals surface area contributed by atoms with Gasteiger partial charge in [0.2, 0.25) is 0 Å². The highest BCUT2D eigenvalue weighted by Crippen LogP contribution is 2.33. The molecule has 0 saturated carbocycles. The van der Waals surface area contributed by atoms with Gasteiger partial charge in [-0.2, -0.15) is 0 Å². The van der Waals surface area contributed by atoms with Crippen LogP contribution in [0, 0.1) is 6.92 Å². The summed E-state index contributed by atoms with van der Waals surface area (Å²) in [7, 11) is 3.36. The maximum Gasteiger partial charge on any atom is 0.337 e. The zero-order chi connectivity index (χ0) is 20.7. The van der Waals surface area contributed by atoms with Crippen LogP contribution in [0.25, 0.3) is 33.3 Å². The SMILES string of the molecule is COC(=O)c1ccc2nc(-c3ccc4occ(C)c4c3)c(N(C)C(C)C)nc2c1. The zero-order valence-electron chi connectivity index (χ0n) is 17.2. The van der Waals surface area contributed by atoms with Crippen molar-refractivity contribution in [3.63, 3.8) is 0 Å². The Kier molecular flexibility index (Phi) is 4.70. The van der Waals surface area contributed by atoms with E-state index >= 15 is 0 Å². The third-order valence-corrected chi connectivity index (χ3v) is 5.22. The molecule has 0 aliphatic carbocycles. The molecule has 148 valence electrons. The number of rotatable bonds is 4. The standard InChI is InChI=1S/C23H23N3O3/c1-13(2)26(4)22-21(15-7-9-20-17(10-15)14(3)12-29-20)24-18-8-6-16(23(27)28-5)11-19(18)25-22/h6-13H,1-5H3. The largest absolute Gasteiger partial charge is 0.465 e. The Morgan fingerprint density at radius 3 is 2.62 bits per heavy atom. The average molecular weight is 389 g/mol. The second-order valence-corrected chi connectivity index (χ2v) is 7.43. The van der Waals surface area contributed by atoms with Crippen LogP contribution in [0.4, 0.5) is 5.82 Å². The quantitative estimate of drug-likeness (QED) is 0.458. The number of benzene rings is 2. The maximum absolute atomic E-state index is 11.9. The van der Waals surface area contributed by atoms with Crippen molar-refractivity contribution in [2.45, 2.75) is 26.8 Å². The highest BCUT2D eigenvalue weighted by molar-refractivity contribution is 5.95. The lowest BCUT2D eigenvalue weighted by Gasteiger charge is -2.25. The van der Waals surface area contributed by atoms with Crippen molar-refractivity contribution < 1.29 is 13.9 Å². The van der Waals surface area contributed by atoms with Gasteiger partial charge in [0.1, 0.15) is 11.3 Å². The Bertz CT molecular complexity index is 1230. The zero-order valence-corrected chi connectivity index (χ0v) is 17.2. The molecule has 0 aliphatic rings. The van der Waals surface area contributed by atoms with Gasteiger partial charge in [-0.05, 0) is 62.7 Å². The van der Waals surface area contributed by atoms with E-state index in [-0.39, 0.29) is 6.04 Å². The molecular weight excluding hydrogens is 366 g/mol. The van der Waals surface area contributed by atoms with Gasteiger partial charge in [-0.1, -0.05) is 0 Å². The van der Waals surface area contributed by atoms with Crippen LogP contribution in [-0.2, 0) is 4.74 Å². The Morgan fingerprint density at radius 2 is 1.90 bits per heavy atom. The highest BCUT2D eigenvalue weighted by atomic mass is 16.5. The molecule has 29 heavy (non-hydrogen) atoms. The number of methoxy groups -OCH3 is 1. The van der Waals surface area contributed by atoms with Gasteiger partial charge in [-0.25, -0.2) is 14.8 Å². The van der Waals surface area contributed by atoms with E-state index in [1.54, 1.807) is 24.5 Å². The number of nitrogens with zero attached hydrogens (tertiary/aromatic N) is 3. The third-order valence-electron chi connectivity index (χ3n) is 5.22. The van der Waals surface area contributed by atoms with E-state index in [9.17, 15) is 4.79 Å². The summed E-state index contributed by atoms with van der Waals surface area (Å²) in [6.07, 6.45) is 1.76. The molecular formula is C23H23N3O3. The molecule has 0 amide bonds. The summed E-state index contributed by atoms with van der Waals surface area (Å²) in [6, 6.07) is 11.5. The Balaban J connectivity index is 1.96. The molecule has 0 fully saturated rings. The summed E-state index contributed by atoms with van der Waals surface area (Å²) < 4.78 is 10.4. The van der Waals surface area contributed by atoms with Crippen LogP contribution in [0.15, 0.2) is 47.1 Å². The number of anilines is 1. The number of hydrogen-bond acceptors (Lipinski definition) is 6. The van der Waals surface area contributed by atoms with Gasteiger partial charge < -0.3 is 14.1 Å². The van der Waals surface area contributed by atoms with Crippen LogP contribution in [0.5, 0.6) is 0 Å². The minimum atomic E-state index is -0.391. The average Bonchev–Trinajstić information content (AvgIpc) is 3.11. The molecule has 0 radical (unpaired) electrons. The Morgan fingerprint density at radius 1 is 1.10 bits per heavy atom. The van der Waals surface area contributed by atoms with Crippen LogP contribution >= 0.6 is 0 Å². The van der Waals surface area contributed by atoms with Gasteiger partial charge in [0.05, 0.1) is 30.0 Å². The molecule has 2 heterocycles. The van der Waals surface area contributed by atoms with Crippen LogP contribution in [-0.4, -0.2) is 36.1 Å². The lowest BCUT2D eigenvalue weighted by molar-refractivity contribution is 0.0601. The minimum Gasteiger partial charge on any atom is -0.465 e. The lowest BCUT2D eigenvalue weighted by Crippen LogP contribution is -2.27. The first-order chi connectivity index (χ1) is 13.9. The molecule has 0 saturated heterocycles. The van der Waals surface area contributed by atoms with E-state index in [2.05, 4.69) is 24.8 Å². The number of carbonyl (C=O) groups excluding carboxylic acids is 1. The van der Waals surface area contributed by atoms with E-state index in [0.29, 0.717) is 11.1 Å². The first-order valence-corrected chi connectivity index (χ1v) is 9.50. The molecule has 0 N–H and O–H groups in total. The lowest BCUT2D eigenvalue weighted by atomic mass is 10.1. The number of aromatic nitrogens is 2. The smallest absolute Gasteiger partial charge is 0.337 e. The molecule has 2 aromatic heterocycles. The molecule has 0 spiro atoms. The van der Waals surface area contributed by atoms with Crippen LogP contribution in [0.1, 0.15) is 29.8 Å². The normalized spacial score (nSPS) is 11.4. The fourth-order valence-corrected chi connectivity index (χ4v) is 3.28. The van der Waals surface area contributed by atoms with Crippen molar-refractivity contribution in [1.82, 2.24) is 9.97 Å². The first-order valence-electron chi connectivity index (χ1n) is 9.50. The molecule has 0 atom stereocenters. The van der Waals surface area contributed by atoms with E-state index in [1.807, 2.05) is 26.1 Å². The number of furan rings is 1. The van der Waals surface area contributed by atoms with Crippen LogP contribution < -0.4 is 4.90 Å². The van der Waals surface area contributed by atoms with E-state index in [0.717, 1.165) is 39.1 Å². The molecule has 0 unspecified atom stereocenters. The fourth-order valence-electron chi connectivity index (χ4n) is 3.28. The fraction of sp³-hybridized carbons (Fsp3) is 0.261. The summed E-state index contributed by atoms with van der Waals surface area (Å²) in [6.45, 7) is 6.23. The number of carbonyl (C=O) groups is 1. The Hall–Kier alpha value is -3.41. The van der Waals surface area contributed by atoms with Gasteiger partial charge in [-0.3, -0.25) is 0 Å². The van der Waals surface area contributed by atoms with Crippen molar-refractivity contribution in [3.05, 3.63) is 53.8 Å². The summed E-state index contributed by atoms with van der Waals surface area (Å²) in [5.41, 5.74) is 5.52. The third kappa shape index (κ3) is 3.31. The predicted molar refractivity (Wildman–Crippen MR) is 114 cm³/mol. The highest BCUT2D eigenvalue weighted by Gasteiger charge is 2.19. The second-order valence-electron chi connectivity index (χ2n) is 7.43. The predicted octanol–water partition coefficient (Wildman–Crippen LogP) is 4.98. The molecule has 4 aromatic rings. The summed E-state index contributed by atoms with van der Waals surface area (Å²) >= 11 is 0. The van der Waals surface area contributed by atoms with E-state index < -0.39 is 5.97 Å². The van der Waals surface area contributed by atoms with Gasteiger partial charge >= 0.3 is 5.97 Å². The molecule has 6 nitrogen and oxygen atoms in total. The van der Waals surface area contributed by atoms with Gasteiger partial charge in [-0.15, -0.1) is 0 Å². The van der Waals surface area contributed by atoms with Crippen molar-refractivity contribution in [2.75, 3.05) is 19.1 Å². The number of ether oxygens (including phenoxy) is 1. The molecule has 0 aliphatic heterocycles. The van der Waals surface area contributed by atoms with Crippen LogP contribution in [0.3, 0.4) is 0 Å². The molecule has 6 heteroatoms. The molecule has 0 bridgehead atoms. The summed E-state index contributed by atoms with van der Waals surface area (Å²) in [5, 5.41) is 1.06. The van der Waals surface area contributed by atoms with Crippen molar-refractivity contribution in [2.24, 2.45) is 0 Å². The molecule has 4 rings (SSSR count). The van der Waals surface area contributed by atoms with E-state index in [4.69, 9.17) is 19.1 Å². The van der Waals surface area contributed by atoms with Gasteiger partial charge in [0, 0.05) is 24.0 Å². The first kappa shape index (κ1) is 18.9. The topological polar surface area (TPSA) is 68.5 Å². The monoisotopic (exact) mass is 389 g/mol. The van der Waals surface area contributed by atoms with E-state index in [1.165, 1.54) is 7.11 Å². The number of aryl methyl sites for hydroxylation is 1. The summed E-state index contributed by atoms with van der Waals surface area (Å²) in [5.74, 6) is 0.368. The van der Waals surface area contributed by atoms with Crippen molar-refractivity contribution in [3.8, 4) is 11.3 Å². The number of esters is 1. The van der Waals surface area contributed by atoms with Crippen molar-refractivity contribution >= 4 is 33.8 Å². The summed E-state index contributed by atoms with van der Waals surface area (Å²) in [4.78, 5) is 23.8. The number of fused-ring (bicyclic) bond motifs is 2.